The van der Waals surface area contributed by atoms with E-state index in [1.165, 1.54) is 238 Å². The smallest absolute Gasteiger partial charge is 0.306 e. The number of carbonyl (C=O) groups is 3. The van der Waals surface area contributed by atoms with Crippen molar-refractivity contribution in [2.75, 3.05) is 13.2 Å². The van der Waals surface area contributed by atoms with Crippen molar-refractivity contribution in [1.29, 1.82) is 0 Å². The van der Waals surface area contributed by atoms with Crippen LogP contribution < -0.4 is 0 Å². The Morgan fingerprint density at radius 3 is 0.721 bits per heavy atom. The van der Waals surface area contributed by atoms with E-state index in [2.05, 4.69) is 34.6 Å². The molecule has 0 saturated heterocycles. The molecule has 0 aromatic rings. The number of ether oxygens (including phenoxy) is 3. The van der Waals surface area contributed by atoms with Gasteiger partial charge in [0.1, 0.15) is 13.2 Å². The molecule has 6 nitrogen and oxygen atoms in total. The molecule has 0 aliphatic rings. The minimum Gasteiger partial charge on any atom is -0.462 e. The maximum Gasteiger partial charge on any atom is 0.306 e. The zero-order valence-electron chi connectivity index (χ0n) is 46.7. The van der Waals surface area contributed by atoms with Gasteiger partial charge in [0.15, 0.2) is 6.10 Å². The highest BCUT2D eigenvalue weighted by Crippen LogP contribution is 2.19. The van der Waals surface area contributed by atoms with Crippen LogP contribution in [0.3, 0.4) is 0 Å². The van der Waals surface area contributed by atoms with E-state index in [0.29, 0.717) is 19.3 Å². The first-order valence-corrected chi connectivity index (χ1v) is 30.7. The molecule has 0 N–H and O–H groups in total. The molecule has 68 heavy (non-hydrogen) atoms. The van der Waals surface area contributed by atoms with Gasteiger partial charge in [0, 0.05) is 19.3 Å². The molecular weight excluding hydrogens is 841 g/mol. The summed E-state index contributed by atoms with van der Waals surface area (Å²) in [7, 11) is 0. The zero-order valence-corrected chi connectivity index (χ0v) is 46.7. The number of hydrogen-bond donors (Lipinski definition) is 0. The third kappa shape index (κ3) is 55.3. The molecule has 1 atom stereocenters. The Labute approximate surface area is 425 Å². The molecular formula is C62H120O6. The topological polar surface area (TPSA) is 78.9 Å². The third-order valence-electron chi connectivity index (χ3n) is 14.2. The van der Waals surface area contributed by atoms with Crippen molar-refractivity contribution in [1.82, 2.24) is 0 Å². The highest BCUT2D eigenvalue weighted by atomic mass is 16.6. The van der Waals surface area contributed by atoms with Gasteiger partial charge in [-0.25, -0.2) is 0 Å². The van der Waals surface area contributed by atoms with Crippen LogP contribution in [-0.4, -0.2) is 37.2 Å². The maximum absolute atomic E-state index is 12.9. The first kappa shape index (κ1) is 66.4. The fraction of sp³-hybridized carbons (Fsp3) is 0.952. The number of esters is 3. The van der Waals surface area contributed by atoms with E-state index < -0.39 is 6.10 Å². The molecule has 0 aromatic heterocycles. The number of unbranched alkanes of at least 4 members (excludes halogenated alkanes) is 41. The summed E-state index contributed by atoms with van der Waals surface area (Å²) in [5, 5.41) is 0. The molecule has 0 fully saturated rings. The first-order chi connectivity index (χ1) is 33.2. The minimum absolute atomic E-state index is 0.0621. The third-order valence-corrected chi connectivity index (χ3v) is 14.2. The van der Waals surface area contributed by atoms with Crippen molar-refractivity contribution in [3.63, 3.8) is 0 Å². The summed E-state index contributed by atoms with van der Waals surface area (Å²) in [6.07, 6.45) is 59.5. The largest absolute Gasteiger partial charge is 0.462 e. The standard InChI is InChI=1S/C62H120O6/c1-6-7-8-9-10-11-12-13-16-23-29-34-39-44-49-54-62(65)68-59(56-67-61(64)53-48-43-38-33-28-24-19-21-26-31-36-41-46-51-58(4)5)55-66-60(63)52-47-42-37-32-27-22-18-15-14-17-20-25-30-35-40-45-50-57(2)3/h57-59H,6-56H2,1-5H3/t59-/m1/s1. The van der Waals surface area contributed by atoms with Crippen molar-refractivity contribution in [2.24, 2.45) is 11.8 Å². The van der Waals surface area contributed by atoms with Crippen LogP contribution in [0, 0.1) is 11.8 Å². The van der Waals surface area contributed by atoms with Gasteiger partial charge in [-0.3, -0.25) is 14.4 Å². The summed E-state index contributed by atoms with van der Waals surface area (Å²) in [5.41, 5.74) is 0. The van der Waals surface area contributed by atoms with Gasteiger partial charge < -0.3 is 14.2 Å². The van der Waals surface area contributed by atoms with Crippen LogP contribution in [-0.2, 0) is 28.6 Å². The van der Waals surface area contributed by atoms with E-state index in [0.717, 1.165) is 69.6 Å². The molecule has 0 aromatic carbocycles. The van der Waals surface area contributed by atoms with Crippen molar-refractivity contribution in [3.05, 3.63) is 0 Å². The second-order valence-electron chi connectivity index (χ2n) is 22.3. The van der Waals surface area contributed by atoms with Gasteiger partial charge in [-0.1, -0.05) is 311 Å². The fourth-order valence-corrected chi connectivity index (χ4v) is 9.58. The molecule has 0 unspecified atom stereocenters. The van der Waals surface area contributed by atoms with E-state index in [-0.39, 0.29) is 31.1 Å². The minimum atomic E-state index is -0.763. The zero-order chi connectivity index (χ0) is 49.6. The molecule has 0 radical (unpaired) electrons. The van der Waals surface area contributed by atoms with Crippen LogP contribution in [0.1, 0.15) is 349 Å². The molecule has 6 heteroatoms. The highest BCUT2D eigenvalue weighted by Gasteiger charge is 2.19. The van der Waals surface area contributed by atoms with E-state index in [4.69, 9.17) is 14.2 Å². The Kier molecular flexibility index (Phi) is 53.5. The molecule has 0 saturated carbocycles. The van der Waals surface area contributed by atoms with Gasteiger partial charge >= 0.3 is 17.9 Å². The summed E-state index contributed by atoms with van der Waals surface area (Å²) in [5.74, 6) is 0.859. The monoisotopic (exact) mass is 961 g/mol. The second-order valence-corrected chi connectivity index (χ2v) is 22.3. The Morgan fingerprint density at radius 2 is 0.485 bits per heavy atom. The van der Waals surface area contributed by atoms with E-state index >= 15 is 0 Å². The Balaban J connectivity index is 4.28. The van der Waals surface area contributed by atoms with Crippen molar-refractivity contribution in [2.45, 2.75) is 355 Å². The van der Waals surface area contributed by atoms with E-state index in [1.54, 1.807) is 0 Å². The van der Waals surface area contributed by atoms with Gasteiger partial charge in [0.05, 0.1) is 0 Å². The van der Waals surface area contributed by atoms with Crippen LogP contribution >= 0.6 is 0 Å². The summed E-state index contributed by atoms with van der Waals surface area (Å²) in [4.78, 5) is 38.2. The fourth-order valence-electron chi connectivity index (χ4n) is 9.58. The molecule has 0 spiro atoms. The van der Waals surface area contributed by atoms with Gasteiger partial charge in [-0.05, 0) is 31.1 Å². The van der Waals surface area contributed by atoms with E-state index in [9.17, 15) is 14.4 Å². The molecule has 0 rings (SSSR count). The van der Waals surface area contributed by atoms with Crippen LogP contribution in [0.15, 0.2) is 0 Å². The quantitative estimate of drug-likeness (QED) is 0.0343. The SMILES string of the molecule is CCCCCCCCCCCCCCCCCC(=O)O[C@H](COC(=O)CCCCCCCCCCCCCCCCCCC(C)C)COC(=O)CCCCCCCCCCCCCCCC(C)C. The lowest BCUT2D eigenvalue weighted by Crippen LogP contribution is -2.30. The Morgan fingerprint density at radius 1 is 0.279 bits per heavy atom. The van der Waals surface area contributed by atoms with Crippen LogP contribution in [0.4, 0.5) is 0 Å². The lowest BCUT2D eigenvalue weighted by atomic mass is 10.0. The summed E-state index contributed by atoms with van der Waals surface area (Å²) in [6, 6.07) is 0. The van der Waals surface area contributed by atoms with Crippen molar-refractivity contribution < 1.29 is 28.6 Å². The second kappa shape index (κ2) is 54.7. The molecule has 0 heterocycles. The van der Waals surface area contributed by atoms with Gasteiger partial charge in [-0.15, -0.1) is 0 Å². The molecule has 0 amide bonds. The first-order valence-electron chi connectivity index (χ1n) is 30.7. The van der Waals surface area contributed by atoms with Crippen LogP contribution in [0.25, 0.3) is 0 Å². The van der Waals surface area contributed by atoms with Crippen molar-refractivity contribution >= 4 is 17.9 Å². The summed E-state index contributed by atoms with van der Waals surface area (Å²) < 4.78 is 16.9. The Bertz CT molecular complexity index is 1040. The highest BCUT2D eigenvalue weighted by molar-refractivity contribution is 5.71. The molecule has 0 aliphatic carbocycles. The van der Waals surface area contributed by atoms with E-state index in [1.807, 2.05) is 0 Å². The summed E-state index contributed by atoms with van der Waals surface area (Å²) >= 11 is 0. The van der Waals surface area contributed by atoms with Gasteiger partial charge in [0.2, 0.25) is 0 Å². The molecule has 0 aliphatic heterocycles. The predicted molar refractivity (Wildman–Crippen MR) is 293 cm³/mol. The number of carbonyl (C=O) groups excluding carboxylic acids is 3. The predicted octanol–water partition coefficient (Wildman–Crippen LogP) is 20.4. The lowest BCUT2D eigenvalue weighted by molar-refractivity contribution is -0.167. The average Bonchev–Trinajstić information content (AvgIpc) is 3.31. The normalized spacial score (nSPS) is 12.0. The van der Waals surface area contributed by atoms with Crippen molar-refractivity contribution in [3.8, 4) is 0 Å². The van der Waals surface area contributed by atoms with Gasteiger partial charge in [0.25, 0.3) is 0 Å². The number of rotatable bonds is 56. The molecule has 0 bridgehead atoms. The van der Waals surface area contributed by atoms with Crippen LogP contribution in [0.5, 0.6) is 0 Å². The maximum atomic E-state index is 12.9. The number of hydrogen-bond acceptors (Lipinski definition) is 6. The van der Waals surface area contributed by atoms with Crippen LogP contribution in [0.2, 0.25) is 0 Å². The lowest BCUT2D eigenvalue weighted by Gasteiger charge is -2.18. The Hall–Kier alpha value is -1.59. The average molecular weight is 962 g/mol. The molecule has 404 valence electrons. The van der Waals surface area contributed by atoms with Gasteiger partial charge in [-0.2, -0.15) is 0 Å². The summed E-state index contributed by atoms with van der Waals surface area (Å²) in [6.45, 7) is 11.4.